The van der Waals surface area contributed by atoms with Crippen molar-refractivity contribution in [2.45, 2.75) is 37.7 Å². The molecule has 1 fully saturated rings. The molecule has 0 aromatic heterocycles. The number of hydrogen-bond acceptors (Lipinski definition) is 3. The number of nitrogens with zero attached hydrogens (tertiary/aromatic N) is 1. The van der Waals surface area contributed by atoms with Crippen molar-refractivity contribution < 1.29 is 14.3 Å². The van der Waals surface area contributed by atoms with Gasteiger partial charge in [-0.1, -0.05) is 42.5 Å². The summed E-state index contributed by atoms with van der Waals surface area (Å²) in [6.07, 6.45) is 4.21. The molecular formula is C24H31FN2O2. The number of carbonyl (C=O) groups is 1. The Balaban J connectivity index is 1.66. The Kier molecular flexibility index (Phi) is 7.40. The van der Waals surface area contributed by atoms with Crippen LogP contribution in [0.1, 0.15) is 43.2 Å². The van der Waals surface area contributed by atoms with Gasteiger partial charge in [0.15, 0.2) is 0 Å². The molecule has 1 amide bonds. The van der Waals surface area contributed by atoms with Crippen LogP contribution < -0.4 is 5.32 Å². The summed E-state index contributed by atoms with van der Waals surface area (Å²) in [6.45, 7) is 2.81. The average Bonchev–Trinajstić information content (AvgIpc) is 2.77. The van der Waals surface area contributed by atoms with E-state index in [0.29, 0.717) is 6.42 Å². The number of amides is 1. The number of piperidine rings is 1. The van der Waals surface area contributed by atoms with Gasteiger partial charge in [0.05, 0.1) is 0 Å². The SMILES string of the molecule is CNC(=O)CCCCN1CCC(C(O)(c2ccccc2)c2ccc(F)cc2)CC1. The molecule has 4 nitrogen and oxygen atoms in total. The Labute approximate surface area is 172 Å². The first-order valence-corrected chi connectivity index (χ1v) is 10.5. The maximum atomic E-state index is 13.5. The van der Waals surface area contributed by atoms with Gasteiger partial charge in [0.1, 0.15) is 11.4 Å². The maximum Gasteiger partial charge on any atom is 0.219 e. The minimum absolute atomic E-state index is 0.0671. The average molecular weight is 399 g/mol. The van der Waals surface area contributed by atoms with E-state index in [0.717, 1.165) is 56.4 Å². The topological polar surface area (TPSA) is 52.6 Å². The normalized spacial score (nSPS) is 17.6. The molecule has 1 aliphatic rings. The molecule has 1 aliphatic heterocycles. The van der Waals surface area contributed by atoms with Gasteiger partial charge in [-0.15, -0.1) is 0 Å². The van der Waals surface area contributed by atoms with Crippen LogP contribution in [0.2, 0.25) is 0 Å². The van der Waals surface area contributed by atoms with Gasteiger partial charge >= 0.3 is 0 Å². The van der Waals surface area contributed by atoms with Crippen molar-refractivity contribution in [3.8, 4) is 0 Å². The fourth-order valence-electron chi connectivity index (χ4n) is 4.35. The van der Waals surface area contributed by atoms with E-state index in [1.54, 1.807) is 19.2 Å². The molecule has 1 unspecified atom stereocenters. The lowest BCUT2D eigenvalue weighted by Crippen LogP contribution is -2.44. The summed E-state index contributed by atoms with van der Waals surface area (Å²) in [5, 5.41) is 14.5. The first kappa shape index (κ1) is 21.5. The lowest BCUT2D eigenvalue weighted by Gasteiger charge is -2.42. The zero-order valence-electron chi connectivity index (χ0n) is 17.1. The molecule has 29 heavy (non-hydrogen) atoms. The molecule has 1 atom stereocenters. The van der Waals surface area contributed by atoms with E-state index in [-0.39, 0.29) is 17.6 Å². The van der Waals surface area contributed by atoms with Crippen LogP contribution in [0.5, 0.6) is 0 Å². The van der Waals surface area contributed by atoms with Crippen molar-refractivity contribution in [2.75, 3.05) is 26.7 Å². The van der Waals surface area contributed by atoms with Crippen LogP contribution in [0.25, 0.3) is 0 Å². The third-order valence-electron chi connectivity index (χ3n) is 6.08. The first-order chi connectivity index (χ1) is 14.0. The Hall–Kier alpha value is -2.24. The van der Waals surface area contributed by atoms with Crippen LogP contribution in [0.4, 0.5) is 4.39 Å². The third-order valence-corrected chi connectivity index (χ3v) is 6.08. The minimum Gasteiger partial charge on any atom is -0.380 e. The Morgan fingerprint density at radius 1 is 1.07 bits per heavy atom. The summed E-state index contributed by atoms with van der Waals surface area (Å²) >= 11 is 0. The highest BCUT2D eigenvalue weighted by Gasteiger charge is 2.41. The lowest BCUT2D eigenvalue weighted by molar-refractivity contribution is -0.120. The monoisotopic (exact) mass is 398 g/mol. The Bertz CT molecular complexity index is 773. The van der Waals surface area contributed by atoms with Gasteiger partial charge < -0.3 is 15.3 Å². The number of aliphatic hydroxyl groups is 1. The predicted octanol–water partition coefficient (Wildman–Crippen LogP) is 3.69. The molecule has 2 N–H and O–H groups in total. The van der Waals surface area contributed by atoms with Crippen molar-refractivity contribution in [1.29, 1.82) is 0 Å². The number of benzene rings is 2. The first-order valence-electron chi connectivity index (χ1n) is 10.5. The van der Waals surface area contributed by atoms with E-state index < -0.39 is 5.60 Å². The van der Waals surface area contributed by atoms with Gasteiger partial charge in [-0.2, -0.15) is 0 Å². The number of likely N-dealkylation sites (tertiary alicyclic amines) is 1. The Morgan fingerprint density at radius 2 is 1.69 bits per heavy atom. The van der Waals surface area contributed by atoms with Crippen molar-refractivity contribution in [2.24, 2.45) is 5.92 Å². The largest absolute Gasteiger partial charge is 0.380 e. The molecule has 0 aliphatic carbocycles. The highest BCUT2D eigenvalue weighted by atomic mass is 19.1. The second kappa shape index (κ2) is 9.99. The van der Waals surface area contributed by atoms with Gasteiger partial charge in [-0.05, 0) is 74.5 Å². The number of halogens is 1. The van der Waals surface area contributed by atoms with Crippen LogP contribution in [0.3, 0.4) is 0 Å². The number of rotatable bonds is 8. The van der Waals surface area contributed by atoms with Gasteiger partial charge in [-0.3, -0.25) is 4.79 Å². The summed E-state index contributed by atoms with van der Waals surface area (Å²) in [4.78, 5) is 13.7. The van der Waals surface area contributed by atoms with Crippen LogP contribution in [-0.4, -0.2) is 42.6 Å². The maximum absolute atomic E-state index is 13.5. The molecule has 2 aromatic rings. The smallest absolute Gasteiger partial charge is 0.219 e. The molecule has 0 saturated carbocycles. The zero-order chi connectivity index (χ0) is 20.7. The summed E-state index contributed by atoms with van der Waals surface area (Å²) < 4.78 is 13.5. The van der Waals surface area contributed by atoms with E-state index >= 15 is 0 Å². The molecule has 1 heterocycles. The van der Waals surface area contributed by atoms with Crippen LogP contribution >= 0.6 is 0 Å². The van der Waals surface area contributed by atoms with Gasteiger partial charge in [0.25, 0.3) is 0 Å². The second-order valence-electron chi connectivity index (χ2n) is 7.89. The standard InChI is InChI=1S/C24H31FN2O2/c1-26-23(28)9-5-6-16-27-17-14-21(15-18-27)24(29,19-7-3-2-4-8-19)20-10-12-22(25)13-11-20/h2-4,7-8,10-13,21,29H,5-6,9,14-18H2,1H3,(H,26,28). The van der Waals surface area contributed by atoms with Crippen molar-refractivity contribution >= 4 is 5.91 Å². The molecule has 2 aromatic carbocycles. The van der Waals surface area contributed by atoms with E-state index in [9.17, 15) is 14.3 Å². The third kappa shape index (κ3) is 5.22. The Morgan fingerprint density at radius 3 is 2.31 bits per heavy atom. The lowest BCUT2D eigenvalue weighted by atomic mass is 9.72. The molecule has 1 saturated heterocycles. The van der Waals surface area contributed by atoms with E-state index in [1.807, 2.05) is 30.3 Å². The highest BCUT2D eigenvalue weighted by Crippen LogP contribution is 2.42. The van der Waals surface area contributed by atoms with E-state index in [4.69, 9.17) is 0 Å². The van der Waals surface area contributed by atoms with Crippen LogP contribution in [0.15, 0.2) is 54.6 Å². The van der Waals surface area contributed by atoms with Gasteiger partial charge in [0, 0.05) is 13.5 Å². The minimum atomic E-state index is -1.12. The summed E-state index contributed by atoms with van der Waals surface area (Å²) in [7, 11) is 1.67. The zero-order valence-corrected chi connectivity index (χ0v) is 17.1. The fourth-order valence-corrected chi connectivity index (χ4v) is 4.35. The van der Waals surface area contributed by atoms with Gasteiger partial charge in [-0.25, -0.2) is 4.39 Å². The summed E-state index contributed by atoms with van der Waals surface area (Å²) in [6, 6.07) is 16.0. The quantitative estimate of drug-likeness (QED) is 0.667. The van der Waals surface area contributed by atoms with Crippen LogP contribution in [0, 0.1) is 11.7 Å². The predicted molar refractivity (Wildman–Crippen MR) is 113 cm³/mol. The summed E-state index contributed by atoms with van der Waals surface area (Å²) in [5.74, 6) is -0.135. The van der Waals surface area contributed by atoms with Crippen molar-refractivity contribution in [3.63, 3.8) is 0 Å². The molecule has 0 bridgehead atoms. The summed E-state index contributed by atoms with van der Waals surface area (Å²) in [5.41, 5.74) is 0.477. The molecule has 0 spiro atoms. The number of unbranched alkanes of at least 4 members (excludes halogenated alkanes) is 1. The number of hydrogen-bond donors (Lipinski definition) is 2. The van der Waals surface area contributed by atoms with Crippen LogP contribution in [-0.2, 0) is 10.4 Å². The number of nitrogens with one attached hydrogen (secondary N) is 1. The highest BCUT2D eigenvalue weighted by molar-refractivity contribution is 5.75. The molecule has 5 heteroatoms. The van der Waals surface area contributed by atoms with Crippen molar-refractivity contribution in [3.05, 3.63) is 71.5 Å². The molecular weight excluding hydrogens is 367 g/mol. The molecule has 0 radical (unpaired) electrons. The van der Waals surface area contributed by atoms with Crippen molar-refractivity contribution in [1.82, 2.24) is 10.2 Å². The molecule has 156 valence electrons. The fraction of sp³-hybridized carbons (Fsp3) is 0.458. The number of carbonyl (C=O) groups excluding carboxylic acids is 1. The van der Waals surface area contributed by atoms with Gasteiger partial charge in [0.2, 0.25) is 5.91 Å². The second-order valence-corrected chi connectivity index (χ2v) is 7.89. The van der Waals surface area contributed by atoms with E-state index in [2.05, 4.69) is 10.2 Å². The molecule has 3 rings (SSSR count). The van der Waals surface area contributed by atoms with E-state index in [1.165, 1.54) is 12.1 Å².